The van der Waals surface area contributed by atoms with Crippen LogP contribution in [0.25, 0.3) is 0 Å². The zero-order chi connectivity index (χ0) is 6.43. The summed E-state index contributed by atoms with van der Waals surface area (Å²) in [5.41, 5.74) is 0. The Morgan fingerprint density at radius 1 is 1.67 bits per heavy atom. The average Bonchev–Trinajstić information content (AvgIpc) is 2.46. The summed E-state index contributed by atoms with van der Waals surface area (Å²) in [7, 11) is 0. The van der Waals surface area contributed by atoms with Gasteiger partial charge in [-0.3, -0.25) is 4.79 Å². The summed E-state index contributed by atoms with van der Waals surface area (Å²) >= 11 is 0. The third-order valence-electron chi connectivity index (χ3n) is 2.64. The van der Waals surface area contributed by atoms with E-state index in [-0.39, 0.29) is 12.5 Å². The lowest BCUT2D eigenvalue weighted by molar-refractivity contribution is -0.119. The Morgan fingerprint density at radius 2 is 2.44 bits per heavy atom. The van der Waals surface area contributed by atoms with Crippen LogP contribution in [0.2, 0.25) is 0 Å². The minimum Gasteiger partial charge on any atom is -0.396 e. The molecule has 2 heteroatoms. The summed E-state index contributed by atoms with van der Waals surface area (Å²) in [4.78, 5) is 10.9. The van der Waals surface area contributed by atoms with Crippen molar-refractivity contribution < 1.29 is 9.90 Å². The lowest BCUT2D eigenvalue weighted by Crippen LogP contribution is -2.01. The van der Waals surface area contributed by atoms with E-state index in [1.807, 2.05) is 0 Å². The Morgan fingerprint density at radius 3 is 2.78 bits per heavy atom. The Bertz CT molecular complexity index is 149. The van der Waals surface area contributed by atoms with E-state index < -0.39 is 0 Å². The van der Waals surface area contributed by atoms with E-state index in [0.717, 1.165) is 12.8 Å². The number of Topliss-reactive ketones (excluding diaryl/α,β-unsaturated/α-hetero) is 1. The maximum atomic E-state index is 10.9. The second-order valence-corrected chi connectivity index (χ2v) is 3.04. The van der Waals surface area contributed by atoms with E-state index in [1.54, 1.807) is 0 Å². The lowest BCUT2D eigenvalue weighted by Gasteiger charge is -1.94. The maximum absolute atomic E-state index is 10.9. The molecule has 2 nitrogen and oxygen atoms in total. The van der Waals surface area contributed by atoms with Gasteiger partial charge in [0.25, 0.3) is 0 Å². The minimum absolute atomic E-state index is 0.223. The summed E-state index contributed by atoms with van der Waals surface area (Å²) in [6.07, 6.45) is 1.81. The van der Waals surface area contributed by atoms with Crippen molar-refractivity contribution in [1.29, 1.82) is 0 Å². The number of rotatable bonds is 1. The molecule has 2 fully saturated rings. The van der Waals surface area contributed by atoms with Crippen molar-refractivity contribution in [3.63, 3.8) is 0 Å². The van der Waals surface area contributed by atoms with Crippen molar-refractivity contribution in [1.82, 2.24) is 0 Å². The van der Waals surface area contributed by atoms with Gasteiger partial charge < -0.3 is 5.11 Å². The zero-order valence-corrected chi connectivity index (χ0v) is 5.21. The molecule has 0 aromatic carbocycles. The van der Waals surface area contributed by atoms with Gasteiger partial charge in [-0.2, -0.15) is 0 Å². The molecular weight excluding hydrogens is 116 g/mol. The molecule has 9 heavy (non-hydrogen) atoms. The van der Waals surface area contributed by atoms with Crippen LogP contribution >= 0.6 is 0 Å². The summed E-state index contributed by atoms with van der Waals surface area (Å²) in [5, 5.41) is 8.68. The molecule has 0 heterocycles. The van der Waals surface area contributed by atoms with Gasteiger partial charge in [0.05, 0.1) is 0 Å². The molecule has 1 N–H and O–H groups in total. The predicted molar refractivity (Wildman–Crippen MR) is 31.8 cm³/mol. The van der Waals surface area contributed by atoms with E-state index in [9.17, 15) is 4.79 Å². The zero-order valence-electron chi connectivity index (χ0n) is 5.21. The molecule has 0 spiro atoms. The minimum atomic E-state index is 0.223. The highest BCUT2D eigenvalue weighted by Crippen LogP contribution is 2.54. The molecule has 2 rings (SSSR count). The molecule has 2 saturated carbocycles. The first-order valence-electron chi connectivity index (χ1n) is 3.48. The van der Waals surface area contributed by atoms with Gasteiger partial charge in [-0.15, -0.1) is 0 Å². The molecule has 3 unspecified atom stereocenters. The van der Waals surface area contributed by atoms with Crippen LogP contribution in [0.4, 0.5) is 0 Å². The Kier molecular flexibility index (Phi) is 0.943. The topological polar surface area (TPSA) is 37.3 Å². The third-order valence-corrected chi connectivity index (χ3v) is 2.64. The van der Waals surface area contributed by atoms with Gasteiger partial charge in [0.1, 0.15) is 5.78 Å². The van der Waals surface area contributed by atoms with Gasteiger partial charge in [-0.05, 0) is 18.3 Å². The molecule has 2 aliphatic carbocycles. The fourth-order valence-corrected chi connectivity index (χ4v) is 2.04. The number of aliphatic hydroxyl groups excluding tert-OH is 1. The fourth-order valence-electron chi connectivity index (χ4n) is 2.04. The smallest absolute Gasteiger partial charge is 0.136 e. The van der Waals surface area contributed by atoms with E-state index in [0.29, 0.717) is 17.6 Å². The summed E-state index contributed by atoms with van der Waals surface area (Å²) < 4.78 is 0. The van der Waals surface area contributed by atoms with Crippen molar-refractivity contribution >= 4 is 5.78 Å². The molecule has 0 amide bonds. The largest absolute Gasteiger partial charge is 0.396 e. The molecule has 50 valence electrons. The number of fused-ring (bicyclic) bond motifs is 1. The Hall–Kier alpha value is -0.370. The van der Waals surface area contributed by atoms with Gasteiger partial charge in [0.15, 0.2) is 0 Å². The maximum Gasteiger partial charge on any atom is 0.136 e. The Labute approximate surface area is 53.9 Å². The number of ketones is 1. The van der Waals surface area contributed by atoms with Crippen LogP contribution in [0.5, 0.6) is 0 Å². The Balaban J connectivity index is 2.06. The summed E-state index contributed by atoms with van der Waals surface area (Å²) in [6, 6.07) is 0. The van der Waals surface area contributed by atoms with Crippen molar-refractivity contribution in [2.75, 3.05) is 6.61 Å². The predicted octanol–water partition coefficient (Wildman–Crippen LogP) is 0.204. The van der Waals surface area contributed by atoms with Crippen molar-refractivity contribution in [2.24, 2.45) is 17.8 Å². The number of hydrogen-bond donors (Lipinski definition) is 1. The summed E-state index contributed by atoms with van der Waals surface area (Å²) in [6.45, 7) is 0.223. The summed E-state index contributed by atoms with van der Waals surface area (Å²) in [5.74, 6) is 1.59. The third kappa shape index (κ3) is 0.568. The highest BCUT2D eigenvalue weighted by Gasteiger charge is 2.57. The molecule has 0 radical (unpaired) electrons. The lowest BCUT2D eigenvalue weighted by atomic mass is 10.1. The van der Waals surface area contributed by atoms with Crippen LogP contribution in [0.3, 0.4) is 0 Å². The monoisotopic (exact) mass is 126 g/mol. The van der Waals surface area contributed by atoms with E-state index in [4.69, 9.17) is 5.11 Å². The van der Waals surface area contributed by atoms with Crippen LogP contribution in [0.1, 0.15) is 12.8 Å². The molecule has 0 aromatic rings. The number of aliphatic hydroxyl groups is 1. The van der Waals surface area contributed by atoms with Crippen LogP contribution in [0.15, 0.2) is 0 Å². The van der Waals surface area contributed by atoms with Gasteiger partial charge in [-0.25, -0.2) is 0 Å². The first-order chi connectivity index (χ1) is 4.34. The highest BCUT2D eigenvalue weighted by atomic mass is 16.3. The molecular formula is C7H10O2. The molecule has 0 aromatic heterocycles. The van der Waals surface area contributed by atoms with Crippen LogP contribution in [-0.4, -0.2) is 17.5 Å². The van der Waals surface area contributed by atoms with Crippen molar-refractivity contribution in [3.8, 4) is 0 Å². The normalized spacial score (nSPS) is 47.2. The first kappa shape index (κ1) is 5.42. The second-order valence-electron chi connectivity index (χ2n) is 3.04. The molecule has 3 atom stereocenters. The van der Waals surface area contributed by atoms with E-state index in [2.05, 4.69) is 0 Å². The van der Waals surface area contributed by atoms with Gasteiger partial charge in [0, 0.05) is 18.9 Å². The fraction of sp³-hybridized carbons (Fsp3) is 0.857. The van der Waals surface area contributed by atoms with Crippen LogP contribution < -0.4 is 0 Å². The van der Waals surface area contributed by atoms with Crippen molar-refractivity contribution in [3.05, 3.63) is 0 Å². The first-order valence-corrected chi connectivity index (χ1v) is 3.48. The van der Waals surface area contributed by atoms with E-state index >= 15 is 0 Å². The van der Waals surface area contributed by atoms with Gasteiger partial charge in [0.2, 0.25) is 0 Å². The highest BCUT2D eigenvalue weighted by molar-refractivity contribution is 5.87. The van der Waals surface area contributed by atoms with Gasteiger partial charge >= 0.3 is 0 Å². The molecule has 2 aliphatic rings. The molecule has 0 aliphatic heterocycles. The van der Waals surface area contributed by atoms with E-state index in [1.165, 1.54) is 0 Å². The standard InChI is InChI=1S/C7H10O2/c8-3-5-4-1-2-6(9)7(4)5/h4-5,7-8H,1-3H2. The van der Waals surface area contributed by atoms with Crippen LogP contribution in [-0.2, 0) is 4.79 Å². The molecule has 0 saturated heterocycles. The number of hydrogen-bond acceptors (Lipinski definition) is 2. The number of carbonyl (C=O) groups excluding carboxylic acids is 1. The van der Waals surface area contributed by atoms with Crippen LogP contribution in [0, 0.1) is 17.8 Å². The van der Waals surface area contributed by atoms with Crippen molar-refractivity contribution in [2.45, 2.75) is 12.8 Å². The molecule has 0 bridgehead atoms. The second kappa shape index (κ2) is 1.57. The SMILES string of the molecule is O=C1CCC2C(CO)C12. The number of carbonyl (C=O) groups is 1. The van der Waals surface area contributed by atoms with Gasteiger partial charge in [-0.1, -0.05) is 0 Å². The average molecular weight is 126 g/mol. The quantitative estimate of drug-likeness (QED) is 0.545.